The largest absolute Gasteiger partial charge is 0.394 e. The van der Waals surface area contributed by atoms with Crippen LogP contribution in [0.5, 0.6) is 0 Å². The van der Waals surface area contributed by atoms with E-state index in [4.69, 9.17) is 0 Å². The normalized spacial score (nSPS) is 18.9. The van der Waals surface area contributed by atoms with Gasteiger partial charge >= 0.3 is 0 Å². The minimum Gasteiger partial charge on any atom is -0.394 e. The molecule has 6 N–H and O–H groups in total. The first-order valence-corrected chi connectivity index (χ1v) is 23.1. The number of nitrogens with zero attached hydrogens (tertiary/aromatic N) is 3. The number of aliphatic hydroxyl groups excluding tert-OH is 1. The highest BCUT2D eigenvalue weighted by Crippen LogP contribution is 2.24. The smallest absolute Gasteiger partial charge is 0.246 e. The Kier molecular flexibility index (Phi) is 19.3. The zero-order valence-corrected chi connectivity index (χ0v) is 39.6. The fraction of sp³-hybridized carbons (Fsp3) is 0.625. The number of aliphatic hydroxyl groups is 1. The summed E-state index contributed by atoms with van der Waals surface area (Å²) in [6, 6.07) is 6.01. The zero-order valence-electron chi connectivity index (χ0n) is 39.6. The second kappa shape index (κ2) is 24.1. The summed E-state index contributed by atoms with van der Waals surface area (Å²) in [5.41, 5.74) is 0.715. The molecule has 2 aromatic carbocycles. The van der Waals surface area contributed by atoms with Crippen LogP contribution in [0.1, 0.15) is 99.0 Å². The molecule has 2 heterocycles. The topological polar surface area (TPSA) is 227 Å². The van der Waals surface area contributed by atoms with Gasteiger partial charge in [-0.3, -0.25) is 38.4 Å². The van der Waals surface area contributed by atoms with Gasteiger partial charge in [0.05, 0.1) is 6.61 Å². The maximum atomic E-state index is 14.6. The molecular formula is C48H72N8O9. The lowest BCUT2D eigenvalue weighted by atomic mass is 9.97. The van der Waals surface area contributed by atoms with Crippen molar-refractivity contribution < 1.29 is 43.5 Å². The van der Waals surface area contributed by atoms with Crippen LogP contribution in [-0.2, 0) is 44.8 Å². The molecule has 2 saturated heterocycles. The summed E-state index contributed by atoms with van der Waals surface area (Å²) in [4.78, 5) is 114. The van der Waals surface area contributed by atoms with Crippen molar-refractivity contribution in [3.63, 3.8) is 0 Å². The van der Waals surface area contributed by atoms with Crippen LogP contribution in [0.15, 0.2) is 42.5 Å². The second-order valence-corrected chi connectivity index (χ2v) is 18.7. The first kappa shape index (κ1) is 52.0. The average molecular weight is 905 g/mol. The lowest BCUT2D eigenvalue weighted by Crippen LogP contribution is -2.61. The Morgan fingerprint density at radius 1 is 0.677 bits per heavy atom. The number of carbonyl (C=O) groups excluding carboxylic acids is 8. The van der Waals surface area contributed by atoms with Crippen molar-refractivity contribution in [2.75, 3.05) is 33.8 Å². The van der Waals surface area contributed by atoms with Gasteiger partial charge in [-0.05, 0) is 72.6 Å². The number of likely N-dealkylation sites (N-methyl/N-ethyl adjacent to an activating group) is 1. The first-order chi connectivity index (χ1) is 30.7. The number of nitrogens with one attached hydrogen (secondary N) is 5. The number of carbonyl (C=O) groups is 8. The number of fused-ring (bicyclic) bond motifs is 1. The SMILES string of the molecule is CC[C@H](C)[C@H](NC(=O)[C@@H]1CCCN1C(=O)[C@H](CC(C)C)NC(C)=O)C(=O)N[C@@H](CO)C(=O)N[C@@H](Cc1ccc2ccccc2c1)C(=O)N1CCC[C@H]1C(=O)N[C@@H](CC(C)C)C(=O)N(C)C. The number of hydrogen-bond acceptors (Lipinski definition) is 9. The number of benzene rings is 2. The summed E-state index contributed by atoms with van der Waals surface area (Å²) in [5, 5.41) is 26.2. The lowest BCUT2D eigenvalue weighted by Gasteiger charge is -2.32. The molecule has 0 saturated carbocycles. The van der Waals surface area contributed by atoms with E-state index in [1.807, 2.05) is 77.1 Å². The van der Waals surface area contributed by atoms with Gasteiger partial charge in [-0.2, -0.15) is 0 Å². The van der Waals surface area contributed by atoms with E-state index in [2.05, 4.69) is 26.6 Å². The van der Waals surface area contributed by atoms with E-state index in [0.717, 1.165) is 10.8 Å². The third-order valence-electron chi connectivity index (χ3n) is 12.3. The molecule has 2 aliphatic heterocycles. The van der Waals surface area contributed by atoms with Gasteiger partial charge in [0, 0.05) is 40.5 Å². The molecule has 4 rings (SSSR count). The molecule has 8 amide bonds. The molecule has 2 aromatic rings. The Labute approximate surface area is 383 Å². The van der Waals surface area contributed by atoms with Crippen molar-refractivity contribution in [3.8, 4) is 0 Å². The fourth-order valence-corrected chi connectivity index (χ4v) is 8.70. The number of likely N-dealkylation sites (tertiary alicyclic amines) is 2. The van der Waals surface area contributed by atoms with E-state index < -0.39 is 84.4 Å². The highest BCUT2D eigenvalue weighted by molar-refractivity contribution is 5.98. The summed E-state index contributed by atoms with van der Waals surface area (Å²) in [6.07, 6.45) is 3.00. The first-order valence-electron chi connectivity index (χ1n) is 23.1. The van der Waals surface area contributed by atoms with E-state index in [9.17, 15) is 43.5 Å². The van der Waals surface area contributed by atoms with Crippen LogP contribution in [0, 0.1) is 17.8 Å². The van der Waals surface area contributed by atoms with Crippen LogP contribution in [0.25, 0.3) is 10.8 Å². The van der Waals surface area contributed by atoms with Gasteiger partial charge in [0.1, 0.15) is 42.3 Å². The van der Waals surface area contributed by atoms with Crippen LogP contribution in [0.4, 0.5) is 0 Å². The van der Waals surface area contributed by atoms with E-state index in [1.54, 1.807) is 21.0 Å². The molecule has 2 aliphatic rings. The molecule has 2 fully saturated rings. The standard InChI is InChI=1S/C48H72N8O9/c1-10-30(6)41(53-44(61)40-18-14-22-56(40)47(64)36(24-29(4)5)49-31(7)58)45(62)52-38(27-57)42(59)50-37(26-32-19-20-33-15-11-12-16-34(33)25-32)48(65)55-21-13-17-39(55)43(60)51-35(23-28(2)3)46(63)54(8)9/h11-12,15-16,19-20,25,28-30,35-41,57H,10,13-14,17-18,21-24,26-27H2,1-9H3,(H,49,58)(H,50,59)(H,51,60)(H,52,62)(H,53,61)/t30-,35-,36-,37-,38-,39-,40-,41-/m0/s1. The average Bonchev–Trinajstić information content (AvgIpc) is 3.96. The van der Waals surface area contributed by atoms with Crippen LogP contribution < -0.4 is 26.6 Å². The van der Waals surface area contributed by atoms with Crippen molar-refractivity contribution in [1.82, 2.24) is 41.3 Å². The van der Waals surface area contributed by atoms with Crippen LogP contribution in [0.2, 0.25) is 0 Å². The van der Waals surface area contributed by atoms with Crippen LogP contribution in [-0.4, -0.2) is 143 Å². The van der Waals surface area contributed by atoms with E-state index in [1.165, 1.54) is 21.6 Å². The van der Waals surface area contributed by atoms with Crippen molar-refractivity contribution in [1.29, 1.82) is 0 Å². The molecule has 65 heavy (non-hydrogen) atoms. The quantitative estimate of drug-likeness (QED) is 0.108. The predicted molar refractivity (Wildman–Crippen MR) is 247 cm³/mol. The van der Waals surface area contributed by atoms with Crippen molar-refractivity contribution in [3.05, 3.63) is 48.0 Å². The van der Waals surface area contributed by atoms with Crippen LogP contribution in [0.3, 0.4) is 0 Å². The molecule has 8 atom stereocenters. The molecule has 0 unspecified atom stereocenters. The Bertz CT molecular complexity index is 2020. The van der Waals surface area contributed by atoms with E-state index in [-0.39, 0.29) is 42.5 Å². The van der Waals surface area contributed by atoms with Crippen LogP contribution >= 0.6 is 0 Å². The Balaban J connectivity index is 1.56. The summed E-state index contributed by atoms with van der Waals surface area (Å²) >= 11 is 0. The Morgan fingerprint density at radius 2 is 1.22 bits per heavy atom. The fourth-order valence-electron chi connectivity index (χ4n) is 8.70. The summed E-state index contributed by atoms with van der Waals surface area (Å²) in [5.74, 6) is -4.43. The third kappa shape index (κ3) is 14.2. The minimum absolute atomic E-state index is 0.0174. The van der Waals surface area contributed by atoms with E-state index >= 15 is 0 Å². The van der Waals surface area contributed by atoms with Gasteiger partial charge in [-0.15, -0.1) is 0 Å². The second-order valence-electron chi connectivity index (χ2n) is 18.7. The van der Waals surface area contributed by atoms with E-state index in [0.29, 0.717) is 57.1 Å². The maximum absolute atomic E-state index is 14.6. The molecule has 0 radical (unpaired) electrons. The highest BCUT2D eigenvalue weighted by Gasteiger charge is 2.42. The van der Waals surface area contributed by atoms with Gasteiger partial charge < -0.3 is 46.4 Å². The number of rotatable bonds is 21. The molecule has 0 aliphatic carbocycles. The molecule has 0 aromatic heterocycles. The molecule has 17 heteroatoms. The summed E-state index contributed by atoms with van der Waals surface area (Å²) in [6.45, 7) is 12.4. The van der Waals surface area contributed by atoms with Crippen molar-refractivity contribution in [2.24, 2.45) is 17.8 Å². The maximum Gasteiger partial charge on any atom is 0.246 e. The van der Waals surface area contributed by atoms with Gasteiger partial charge in [0.2, 0.25) is 47.3 Å². The highest BCUT2D eigenvalue weighted by atomic mass is 16.3. The number of hydrogen-bond donors (Lipinski definition) is 6. The van der Waals surface area contributed by atoms with Crippen molar-refractivity contribution in [2.45, 2.75) is 142 Å². The summed E-state index contributed by atoms with van der Waals surface area (Å²) < 4.78 is 0. The molecular weight excluding hydrogens is 833 g/mol. The predicted octanol–water partition coefficient (Wildman–Crippen LogP) is 2.03. The Hall–Kier alpha value is -5.58. The van der Waals surface area contributed by atoms with Crippen molar-refractivity contribution >= 4 is 58.0 Å². The molecule has 17 nitrogen and oxygen atoms in total. The number of amides is 8. The third-order valence-corrected chi connectivity index (χ3v) is 12.3. The molecule has 0 bridgehead atoms. The summed E-state index contributed by atoms with van der Waals surface area (Å²) in [7, 11) is 3.23. The minimum atomic E-state index is -1.54. The monoisotopic (exact) mass is 905 g/mol. The molecule has 358 valence electrons. The van der Waals surface area contributed by atoms with Gasteiger partial charge in [-0.25, -0.2) is 0 Å². The lowest BCUT2D eigenvalue weighted by molar-refractivity contribution is -0.143. The molecule has 0 spiro atoms. The van der Waals surface area contributed by atoms with Gasteiger partial charge in [-0.1, -0.05) is 90.4 Å². The van der Waals surface area contributed by atoms with Gasteiger partial charge in [0.25, 0.3) is 0 Å². The zero-order chi connectivity index (χ0) is 48.1. The van der Waals surface area contributed by atoms with Gasteiger partial charge in [0.15, 0.2) is 0 Å². The Morgan fingerprint density at radius 3 is 1.75 bits per heavy atom.